The number of unbranched alkanes of at least 4 members (excludes halogenated alkanes) is 2. The van der Waals surface area contributed by atoms with Crippen molar-refractivity contribution in [2.75, 3.05) is 0 Å². The number of thiocarbonyl (C=S) groups is 1. The highest BCUT2D eigenvalue weighted by Gasteiger charge is 2.26. The van der Waals surface area contributed by atoms with Crippen LogP contribution >= 0.6 is 12.2 Å². The Balaban J connectivity index is 4.08. The zero-order chi connectivity index (χ0) is 11.9. The molecule has 0 fully saturated rings. The smallest absolute Gasteiger partial charge is 0.220 e. The molecule has 0 spiro atoms. The first-order chi connectivity index (χ1) is 6.96. The maximum absolute atomic E-state index is 11.6. The summed E-state index contributed by atoms with van der Waals surface area (Å²) in [4.78, 5) is 11.9. The third-order valence-corrected chi connectivity index (χ3v) is 3.12. The zero-order valence-corrected chi connectivity index (χ0v) is 10.7. The molecule has 0 radical (unpaired) electrons. The minimum absolute atomic E-state index is 0.0422. The van der Waals surface area contributed by atoms with Gasteiger partial charge in [-0.3, -0.25) is 4.79 Å². The van der Waals surface area contributed by atoms with Gasteiger partial charge in [0.25, 0.3) is 0 Å². The first-order valence-electron chi connectivity index (χ1n) is 5.57. The van der Waals surface area contributed by atoms with Crippen molar-refractivity contribution in [3.63, 3.8) is 0 Å². The Kier molecular flexibility index (Phi) is 6.48. The van der Waals surface area contributed by atoms with Crippen molar-refractivity contribution in [1.82, 2.24) is 5.32 Å². The predicted octanol–water partition coefficient (Wildman–Crippen LogP) is 2.14. The number of nitrogens with one attached hydrogen (secondary N) is 1. The van der Waals surface area contributed by atoms with Crippen molar-refractivity contribution in [2.24, 2.45) is 5.73 Å². The Hall–Kier alpha value is -0.640. The molecule has 0 rings (SSSR count). The fraction of sp³-hybridized carbons (Fsp3) is 0.818. The van der Waals surface area contributed by atoms with Crippen LogP contribution in [-0.4, -0.2) is 16.4 Å². The highest BCUT2D eigenvalue weighted by Crippen LogP contribution is 2.10. The molecule has 1 unspecified atom stereocenters. The van der Waals surface area contributed by atoms with Crippen molar-refractivity contribution >= 4 is 23.1 Å². The summed E-state index contributed by atoms with van der Waals surface area (Å²) in [5, 5.41) is 2.90. The number of hydrogen-bond donors (Lipinski definition) is 2. The van der Waals surface area contributed by atoms with E-state index in [1.165, 1.54) is 0 Å². The van der Waals surface area contributed by atoms with Crippen LogP contribution in [0.15, 0.2) is 0 Å². The summed E-state index contributed by atoms with van der Waals surface area (Å²) in [6.45, 7) is 5.95. The second-order valence-corrected chi connectivity index (χ2v) is 4.50. The van der Waals surface area contributed by atoms with E-state index >= 15 is 0 Å². The van der Waals surface area contributed by atoms with Crippen LogP contribution in [0.2, 0.25) is 0 Å². The van der Waals surface area contributed by atoms with Crippen LogP contribution in [0.5, 0.6) is 0 Å². The average Bonchev–Trinajstić information content (AvgIpc) is 2.17. The minimum Gasteiger partial charge on any atom is -0.391 e. The van der Waals surface area contributed by atoms with Crippen molar-refractivity contribution in [3.8, 4) is 0 Å². The molecular weight excluding hydrogens is 208 g/mol. The molecule has 3 N–H and O–H groups in total. The molecule has 88 valence electrons. The topological polar surface area (TPSA) is 55.1 Å². The quantitative estimate of drug-likeness (QED) is 0.520. The van der Waals surface area contributed by atoms with E-state index in [0.29, 0.717) is 11.4 Å². The summed E-state index contributed by atoms with van der Waals surface area (Å²) in [6, 6.07) is 0. The first-order valence-corrected chi connectivity index (χ1v) is 5.98. The number of carbonyl (C=O) groups excluding carboxylic acids is 1. The lowest BCUT2D eigenvalue weighted by Crippen LogP contribution is -2.54. The molecule has 0 heterocycles. The molecule has 1 atom stereocenters. The highest BCUT2D eigenvalue weighted by atomic mass is 32.1. The van der Waals surface area contributed by atoms with Crippen LogP contribution in [0.1, 0.15) is 52.9 Å². The Morgan fingerprint density at radius 3 is 2.40 bits per heavy atom. The zero-order valence-electron chi connectivity index (χ0n) is 9.93. The van der Waals surface area contributed by atoms with Gasteiger partial charge >= 0.3 is 0 Å². The van der Waals surface area contributed by atoms with Crippen LogP contribution in [0.3, 0.4) is 0 Å². The summed E-state index contributed by atoms with van der Waals surface area (Å²) < 4.78 is 0. The Labute approximate surface area is 97.8 Å². The molecule has 4 heteroatoms. The third kappa shape index (κ3) is 5.11. The second-order valence-electron chi connectivity index (χ2n) is 4.06. The summed E-state index contributed by atoms with van der Waals surface area (Å²) in [7, 11) is 0. The van der Waals surface area contributed by atoms with E-state index < -0.39 is 5.54 Å². The maximum atomic E-state index is 11.6. The summed E-state index contributed by atoms with van der Waals surface area (Å²) in [5.41, 5.74) is 5.07. The number of carbonyl (C=O) groups is 1. The fourth-order valence-corrected chi connectivity index (χ4v) is 1.43. The van der Waals surface area contributed by atoms with Crippen molar-refractivity contribution in [1.29, 1.82) is 0 Å². The molecule has 0 saturated carbocycles. The molecule has 0 aliphatic rings. The van der Waals surface area contributed by atoms with Crippen LogP contribution in [0, 0.1) is 0 Å². The molecule has 0 aliphatic heterocycles. The Morgan fingerprint density at radius 2 is 2.00 bits per heavy atom. The normalized spacial score (nSPS) is 14.3. The van der Waals surface area contributed by atoms with Crippen LogP contribution in [0.4, 0.5) is 0 Å². The largest absolute Gasteiger partial charge is 0.391 e. The molecule has 0 bridgehead atoms. The Bertz CT molecular complexity index is 231. The molecule has 0 aromatic heterocycles. The highest BCUT2D eigenvalue weighted by molar-refractivity contribution is 7.80. The van der Waals surface area contributed by atoms with Crippen LogP contribution in [0.25, 0.3) is 0 Å². The summed E-state index contributed by atoms with van der Waals surface area (Å²) in [6.07, 6.45) is 4.42. The number of nitrogens with two attached hydrogens (primary N) is 1. The van der Waals surface area contributed by atoms with E-state index in [4.69, 9.17) is 18.0 Å². The molecule has 0 saturated heterocycles. The van der Waals surface area contributed by atoms with Gasteiger partial charge in [0.2, 0.25) is 5.91 Å². The van der Waals surface area contributed by atoms with Crippen LogP contribution in [-0.2, 0) is 4.79 Å². The van der Waals surface area contributed by atoms with E-state index in [2.05, 4.69) is 12.2 Å². The predicted molar refractivity (Wildman–Crippen MR) is 67.8 cm³/mol. The van der Waals surface area contributed by atoms with Gasteiger partial charge in [0.15, 0.2) is 0 Å². The van der Waals surface area contributed by atoms with E-state index in [-0.39, 0.29) is 5.91 Å². The van der Waals surface area contributed by atoms with Crippen molar-refractivity contribution in [2.45, 2.75) is 58.4 Å². The van der Waals surface area contributed by atoms with Crippen molar-refractivity contribution in [3.05, 3.63) is 0 Å². The number of hydrogen-bond acceptors (Lipinski definition) is 2. The monoisotopic (exact) mass is 230 g/mol. The Morgan fingerprint density at radius 1 is 1.40 bits per heavy atom. The SMILES string of the molecule is CCCCCC(=O)NC(C)(CC)C(N)=S. The van der Waals surface area contributed by atoms with Crippen LogP contribution < -0.4 is 11.1 Å². The van der Waals surface area contributed by atoms with Gasteiger partial charge in [-0.2, -0.15) is 0 Å². The van der Waals surface area contributed by atoms with Gasteiger partial charge in [0, 0.05) is 6.42 Å². The fourth-order valence-electron chi connectivity index (χ4n) is 1.23. The summed E-state index contributed by atoms with van der Waals surface area (Å²) in [5.74, 6) is 0.0422. The van der Waals surface area contributed by atoms with Gasteiger partial charge < -0.3 is 11.1 Å². The molecule has 0 aromatic carbocycles. The van der Waals surface area contributed by atoms with E-state index in [9.17, 15) is 4.79 Å². The molecule has 3 nitrogen and oxygen atoms in total. The standard InChI is InChI=1S/C11H22N2OS/c1-4-6-7-8-9(14)13-11(3,5-2)10(12)15/h4-8H2,1-3H3,(H2,12,15)(H,13,14). The van der Waals surface area contributed by atoms with Gasteiger partial charge in [-0.15, -0.1) is 0 Å². The van der Waals surface area contributed by atoms with E-state index in [0.717, 1.165) is 25.7 Å². The summed E-state index contributed by atoms with van der Waals surface area (Å²) >= 11 is 4.95. The van der Waals surface area contributed by atoms with Gasteiger partial charge in [0.1, 0.15) is 0 Å². The van der Waals surface area contributed by atoms with Gasteiger partial charge in [-0.1, -0.05) is 38.9 Å². The van der Waals surface area contributed by atoms with Gasteiger partial charge in [-0.05, 0) is 19.8 Å². The molecule has 15 heavy (non-hydrogen) atoms. The lowest BCUT2D eigenvalue weighted by molar-refractivity contribution is -0.122. The lowest BCUT2D eigenvalue weighted by atomic mass is 9.98. The molecular formula is C11H22N2OS. The first kappa shape index (κ1) is 14.4. The lowest BCUT2D eigenvalue weighted by Gasteiger charge is -2.28. The number of rotatable bonds is 7. The van der Waals surface area contributed by atoms with Gasteiger partial charge in [0.05, 0.1) is 10.5 Å². The third-order valence-electron chi connectivity index (χ3n) is 2.67. The maximum Gasteiger partial charge on any atom is 0.220 e. The van der Waals surface area contributed by atoms with E-state index in [1.54, 1.807) is 0 Å². The number of amides is 1. The second kappa shape index (κ2) is 6.77. The van der Waals surface area contributed by atoms with Gasteiger partial charge in [-0.25, -0.2) is 0 Å². The minimum atomic E-state index is -0.529. The average molecular weight is 230 g/mol. The molecule has 1 amide bonds. The molecule has 0 aromatic rings. The van der Waals surface area contributed by atoms with Crippen molar-refractivity contribution < 1.29 is 4.79 Å². The molecule has 0 aliphatic carbocycles. The van der Waals surface area contributed by atoms with E-state index in [1.807, 2.05) is 13.8 Å².